The second kappa shape index (κ2) is 4.29. The molecule has 1 rings (SSSR count). The molecule has 0 aromatic heterocycles. The van der Waals surface area contributed by atoms with Crippen LogP contribution < -0.4 is 11.1 Å². The average Bonchev–Trinajstić information content (AvgIpc) is 2.08. The molecule has 2 amide bonds. The predicted octanol–water partition coefficient (Wildman–Crippen LogP) is -0.0193. The molecule has 92 valence electrons. The first-order valence-corrected chi connectivity index (χ1v) is 5.28. The first-order valence-electron chi connectivity index (χ1n) is 5.28. The van der Waals surface area contributed by atoms with E-state index in [1.165, 1.54) is 4.90 Å². The topological polar surface area (TPSA) is 95.7 Å². The molecule has 1 fully saturated rings. The molecule has 2 unspecified atom stereocenters. The summed E-state index contributed by atoms with van der Waals surface area (Å²) in [5.41, 5.74) is 5.29. The summed E-state index contributed by atoms with van der Waals surface area (Å²) in [5.74, 6) is -0.151. The third-order valence-corrected chi connectivity index (χ3v) is 2.68. The summed E-state index contributed by atoms with van der Waals surface area (Å²) >= 11 is 0. The molecule has 0 aromatic carbocycles. The van der Waals surface area contributed by atoms with Gasteiger partial charge in [-0.25, -0.2) is 4.79 Å². The van der Waals surface area contributed by atoms with Gasteiger partial charge in [0.1, 0.15) is 0 Å². The Labute approximate surface area is 94.8 Å². The molecule has 0 aromatic rings. The van der Waals surface area contributed by atoms with Gasteiger partial charge >= 0.3 is 6.09 Å². The maximum Gasteiger partial charge on any atom is 0.408 e. The second-order valence-electron chi connectivity index (χ2n) is 5.06. The molecular formula is C10H19N3O3. The van der Waals surface area contributed by atoms with Gasteiger partial charge in [0.2, 0.25) is 5.91 Å². The molecular weight excluding hydrogens is 210 g/mol. The summed E-state index contributed by atoms with van der Waals surface area (Å²) in [6.45, 7) is 5.70. The van der Waals surface area contributed by atoms with Crippen LogP contribution in [-0.2, 0) is 4.79 Å². The zero-order valence-corrected chi connectivity index (χ0v) is 9.86. The Kier molecular flexibility index (Phi) is 3.42. The molecule has 2 atom stereocenters. The van der Waals surface area contributed by atoms with Crippen LogP contribution in [-0.4, -0.2) is 46.2 Å². The highest BCUT2D eigenvalue weighted by Gasteiger charge is 2.39. The predicted molar refractivity (Wildman–Crippen MR) is 59.0 cm³/mol. The highest BCUT2D eigenvalue weighted by atomic mass is 16.4. The monoisotopic (exact) mass is 229 g/mol. The Morgan fingerprint density at radius 3 is 2.56 bits per heavy atom. The Bertz CT molecular complexity index is 298. The Balaban J connectivity index is 2.93. The van der Waals surface area contributed by atoms with Gasteiger partial charge < -0.3 is 16.2 Å². The van der Waals surface area contributed by atoms with Crippen LogP contribution >= 0.6 is 0 Å². The van der Waals surface area contributed by atoms with Crippen molar-refractivity contribution < 1.29 is 14.7 Å². The van der Waals surface area contributed by atoms with Crippen LogP contribution in [0.3, 0.4) is 0 Å². The van der Waals surface area contributed by atoms with Crippen LogP contribution in [0.15, 0.2) is 0 Å². The van der Waals surface area contributed by atoms with E-state index >= 15 is 0 Å². The largest absolute Gasteiger partial charge is 0.465 e. The molecule has 0 spiro atoms. The molecule has 6 nitrogen and oxygen atoms in total. The average molecular weight is 229 g/mol. The summed E-state index contributed by atoms with van der Waals surface area (Å²) in [6, 6.07) is -0.806. The molecule has 0 aliphatic carbocycles. The lowest BCUT2D eigenvalue weighted by atomic mass is 9.94. The van der Waals surface area contributed by atoms with Crippen molar-refractivity contribution in [1.29, 1.82) is 0 Å². The number of rotatable bonds is 1. The van der Waals surface area contributed by atoms with Gasteiger partial charge in [-0.3, -0.25) is 9.69 Å². The van der Waals surface area contributed by atoms with E-state index < -0.39 is 17.7 Å². The van der Waals surface area contributed by atoms with E-state index in [2.05, 4.69) is 5.32 Å². The quantitative estimate of drug-likeness (QED) is 0.589. The summed E-state index contributed by atoms with van der Waals surface area (Å²) in [5, 5.41) is 11.8. The van der Waals surface area contributed by atoms with Gasteiger partial charge in [-0.2, -0.15) is 0 Å². The summed E-state index contributed by atoms with van der Waals surface area (Å²) in [6.07, 6.45) is -0.910. The van der Waals surface area contributed by atoms with Gasteiger partial charge in [0.25, 0.3) is 0 Å². The lowest BCUT2D eigenvalue weighted by Gasteiger charge is -2.43. The number of piperidine rings is 1. The molecule has 1 saturated heterocycles. The SMILES string of the molecule is CC(C)(C)N(C(=O)O)C1CC(=O)NCC1N. The number of nitrogens with one attached hydrogen (secondary N) is 1. The molecule has 1 aliphatic heterocycles. The summed E-state index contributed by atoms with van der Waals surface area (Å²) in [4.78, 5) is 23.8. The smallest absolute Gasteiger partial charge is 0.408 e. The summed E-state index contributed by atoms with van der Waals surface area (Å²) < 4.78 is 0. The van der Waals surface area contributed by atoms with Crippen molar-refractivity contribution >= 4 is 12.0 Å². The van der Waals surface area contributed by atoms with Crippen molar-refractivity contribution in [2.75, 3.05) is 6.54 Å². The van der Waals surface area contributed by atoms with E-state index in [1.807, 2.05) is 0 Å². The lowest BCUT2D eigenvalue weighted by Crippen LogP contribution is -2.63. The van der Waals surface area contributed by atoms with Crippen LogP contribution in [0.2, 0.25) is 0 Å². The minimum absolute atomic E-state index is 0.130. The molecule has 4 N–H and O–H groups in total. The zero-order chi connectivity index (χ0) is 12.5. The standard InChI is InChI=1S/C10H19N3O3/c1-10(2,3)13(9(15)16)7-4-8(14)12-5-6(7)11/h6-7H,4-5,11H2,1-3H3,(H,12,14)(H,15,16). The van der Waals surface area contributed by atoms with Crippen LogP contribution in [0, 0.1) is 0 Å². The maximum atomic E-state index is 11.3. The van der Waals surface area contributed by atoms with Crippen molar-refractivity contribution in [3.05, 3.63) is 0 Å². The van der Waals surface area contributed by atoms with Crippen LogP contribution in [0.4, 0.5) is 4.79 Å². The number of hydrogen-bond donors (Lipinski definition) is 3. The minimum Gasteiger partial charge on any atom is -0.465 e. The Hall–Kier alpha value is -1.30. The highest BCUT2D eigenvalue weighted by molar-refractivity contribution is 5.79. The number of carbonyl (C=O) groups is 2. The third-order valence-electron chi connectivity index (χ3n) is 2.68. The Morgan fingerprint density at radius 2 is 2.12 bits per heavy atom. The molecule has 6 heteroatoms. The molecule has 0 radical (unpaired) electrons. The molecule has 16 heavy (non-hydrogen) atoms. The number of carboxylic acid groups (broad SMARTS) is 1. The zero-order valence-electron chi connectivity index (χ0n) is 9.86. The normalized spacial score (nSPS) is 26.1. The minimum atomic E-state index is -1.04. The maximum absolute atomic E-state index is 11.3. The van der Waals surface area contributed by atoms with E-state index in [0.29, 0.717) is 6.54 Å². The van der Waals surface area contributed by atoms with E-state index in [0.717, 1.165) is 0 Å². The number of carbonyl (C=O) groups excluding carboxylic acids is 1. The first kappa shape index (κ1) is 12.8. The van der Waals surface area contributed by atoms with Gasteiger partial charge in [-0.05, 0) is 20.8 Å². The van der Waals surface area contributed by atoms with Gasteiger partial charge in [-0.15, -0.1) is 0 Å². The third kappa shape index (κ3) is 2.63. The van der Waals surface area contributed by atoms with Crippen LogP contribution in [0.5, 0.6) is 0 Å². The highest BCUT2D eigenvalue weighted by Crippen LogP contribution is 2.22. The van der Waals surface area contributed by atoms with E-state index in [9.17, 15) is 14.7 Å². The number of hydrogen-bond acceptors (Lipinski definition) is 3. The van der Waals surface area contributed by atoms with Crippen molar-refractivity contribution in [3.8, 4) is 0 Å². The number of amides is 2. The van der Waals surface area contributed by atoms with Crippen molar-refractivity contribution in [2.24, 2.45) is 5.73 Å². The van der Waals surface area contributed by atoms with Crippen LogP contribution in [0.1, 0.15) is 27.2 Å². The van der Waals surface area contributed by atoms with E-state index in [-0.39, 0.29) is 18.4 Å². The molecule has 1 heterocycles. The lowest BCUT2D eigenvalue weighted by molar-refractivity contribution is -0.124. The fraction of sp³-hybridized carbons (Fsp3) is 0.800. The van der Waals surface area contributed by atoms with E-state index in [1.54, 1.807) is 20.8 Å². The van der Waals surface area contributed by atoms with E-state index in [4.69, 9.17) is 5.73 Å². The molecule has 0 saturated carbocycles. The number of nitrogens with two attached hydrogens (primary N) is 1. The van der Waals surface area contributed by atoms with Gasteiger partial charge in [0.15, 0.2) is 0 Å². The summed E-state index contributed by atoms with van der Waals surface area (Å²) in [7, 11) is 0. The van der Waals surface area contributed by atoms with Crippen molar-refractivity contribution in [2.45, 2.75) is 44.8 Å². The molecule has 0 bridgehead atoms. The van der Waals surface area contributed by atoms with Crippen LogP contribution in [0.25, 0.3) is 0 Å². The molecule has 1 aliphatic rings. The van der Waals surface area contributed by atoms with Crippen molar-refractivity contribution in [3.63, 3.8) is 0 Å². The van der Waals surface area contributed by atoms with Gasteiger partial charge in [0, 0.05) is 24.5 Å². The fourth-order valence-corrected chi connectivity index (χ4v) is 1.99. The van der Waals surface area contributed by atoms with Gasteiger partial charge in [-0.1, -0.05) is 0 Å². The first-order chi connectivity index (χ1) is 7.23. The fourth-order valence-electron chi connectivity index (χ4n) is 1.99. The Morgan fingerprint density at radius 1 is 1.56 bits per heavy atom. The van der Waals surface area contributed by atoms with Crippen molar-refractivity contribution in [1.82, 2.24) is 10.2 Å². The second-order valence-corrected chi connectivity index (χ2v) is 5.06. The number of nitrogens with zero attached hydrogens (tertiary/aromatic N) is 1. The van der Waals surface area contributed by atoms with Gasteiger partial charge in [0.05, 0.1) is 6.04 Å².